The van der Waals surface area contributed by atoms with E-state index in [1.54, 1.807) is 0 Å². The maximum atomic E-state index is 10.1. The van der Waals surface area contributed by atoms with Crippen LogP contribution in [0.4, 0.5) is 0 Å². The van der Waals surface area contributed by atoms with Crippen LogP contribution in [0.2, 0.25) is 0 Å². The van der Waals surface area contributed by atoms with Gasteiger partial charge < -0.3 is 4.98 Å². The normalized spacial score (nSPS) is 12.9. The fourth-order valence-corrected chi connectivity index (χ4v) is 6.07. The summed E-state index contributed by atoms with van der Waals surface area (Å²) in [7, 11) is 0. The summed E-state index contributed by atoms with van der Waals surface area (Å²) < 4.78 is 0.684. The van der Waals surface area contributed by atoms with Crippen molar-refractivity contribution in [2.75, 3.05) is 0 Å². The van der Waals surface area contributed by atoms with Gasteiger partial charge in [-0.15, -0.1) is 0 Å². The Morgan fingerprint density at radius 3 is 1.41 bits per heavy atom. The fourth-order valence-electron chi connectivity index (χ4n) is 5.79. The van der Waals surface area contributed by atoms with Crippen molar-refractivity contribution in [3.8, 4) is 6.07 Å². The first-order chi connectivity index (χ1) is 18.1. The van der Waals surface area contributed by atoms with E-state index in [4.69, 9.17) is 12.2 Å². The number of hydrogen-bond acceptors (Lipinski definition) is 2. The van der Waals surface area contributed by atoms with E-state index in [1.807, 2.05) is 0 Å². The molecule has 0 aliphatic rings. The van der Waals surface area contributed by atoms with Crippen molar-refractivity contribution in [3.63, 3.8) is 0 Å². The van der Waals surface area contributed by atoms with Crippen molar-refractivity contribution in [2.45, 2.75) is 181 Å². The van der Waals surface area contributed by atoms with Crippen LogP contribution in [0, 0.1) is 16.0 Å². The molecule has 3 heteroatoms. The van der Waals surface area contributed by atoms with Gasteiger partial charge in [-0.3, -0.25) is 0 Å². The van der Waals surface area contributed by atoms with E-state index >= 15 is 0 Å². The molecule has 0 saturated carbocycles. The quantitative estimate of drug-likeness (QED) is 0.107. The Hall–Kier alpha value is -1.14. The van der Waals surface area contributed by atoms with Gasteiger partial charge in [0.15, 0.2) is 0 Å². The second-order valence-electron chi connectivity index (χ2n) is 11.5. The molecule has 1 rings (SSSR count). The van der Waals surface area contributed by atoms with E-state index in [-0.39, 0.29) is 0 Å². The van der Waals surface area contributed by atoms with Crippen molar-refractivity contribution < 1.29 is 0 Å². The van der Waals surface area contributed by atoms with Crippen LogP contribution in [-0.4, -0.2) is 4.98 Å². The fraction of sp³-hybridized carbons (Fsp3) is 0.824. The van der Waals surface area contributed by atoms with Gasteiger partial charge in [-0.2, -0.15) is 5.26 Å². The minimum absolute atomic E-state index is 0.466. The Morgan fingerprint density at radius 1 is 0.622 bits per heavy atom. The Morgan fingerprint density at radius 2 is 1.00 bits per heavy atom. The van der Waals surface area contributed by atoms with Crippen LogP contribution >= 0.6 is 12.2 Å². The third-order valence-electron chi connectivity index (χ3n) is 8.20. The molecule has 0 amide bonds. The smallest absolute Gasteiger partial charge is 0.121 e. The van der Waals surface area contributed by atoms with Gasteiger partial charge in [0.2, 0.25) is 0 Å². The number of H-pyrrole nitrogens is 1. The maximum Gasteiger partial charge on any atom is 0.121 e. The summed E-state index contributed by atoms with van der Waals surface area (Å²) >= 11 is 5.83. The predicted molar refractivity (Wildman–Crippen MR) is 166 cm³/mol. The molecule has 2 unspecified atom stereocenters. The summed E-state index contributed by atoms with van der Waals surface area (Å²) in [6, 6.07) is 4.92. The lowest BCUT2D eigenvalue weighted by molar-refractivity contribution is 0.478. The number of unbranched alkanes of at least 4 members (excludes halogenated alkanes) is 14. The van der Waals surface area contributed by atoms with Crippen molar-refractivity contribution in [1.82, 2.24) is 4.98 Å². The minimum Gasteiger partial charge on any atom is -0.349 e. The largest absolute Gasteiger partial charge is 0.349 e. The minimum atomic E-state index is 0.466. The van der Waals surface area contributed by atoms with E-state index < -0.39 is 0 Å². The Bertz CT molecular complexity index is 775. The molecule has 0 spiro atoms. The van der Waals surface area contributed by atoms with Crippen LogP contribution in [0.25, 0.3) is 0 Å². The Kier molecular flexibility index (Phi) is 20.9. The molecule has 1 aromatic heterocycles. The van der Waals surface area contributed by atoms with Crippen LogP contribution < -0.4 is 0 Å². The topological polar surface area (TPSA) is 39.6 Å². The molecule has 212 valence electrons. The number of hydrogen-bond donors (Lipinski definition) is 1. The zero-order valence-electron chi connectivity index (χ0n) is 25.1. The van der Waals surface area contributed by atoms with Crippen LogP contribution in [0.1, 0.15) is 198 Å². The molecular weight excluding hydrogens is 468 g/mol. The lowest BCUT2D eigenvalue weighted by atomic mass is 9.84. The zero-order valence-corrected chi connectivity index (χ0v) is 26.0. The first-order valence-corrected chi connectivity index (χ1v) is 16.7. The Balaban J connectivity index is 3.16. The number of pyridine rings is 1. The molecule has 2 nitrogen and oxygen atoms in total. The third-order valence-corrected chi connectivity index (χ3v) is 8.51. The molecule has 1 N–H and O–H groups in total. The number of aromatic amines is 1. The molecule has 0 radical (unpaired) electrons. The van der Waals surface area contributed by atoms with Gasteiger partial charge >= 0.3 is 0 Å². The third kappa shape index (κ3) is 14.6. The highest BCUT2D eigenvalue weighted by atomic mass is 32.1. The molecule has 2 atom stereocenters. The number of rotatable bonds is 24. The molecule has 0 bridgehead atoms. The Labute approximate surface area is 236 Å². The van der Waals surface area contributed by atoms with Gasteiger partial charge in [-0.05, 0) is 49.1 Å². The highest BCUT2D eigenvalue weighted by molar-refractivity contribution is 7.71. The molecule has 0 saturated heterocycles. The van der Waals surface area contributed by atoms with Crippen LogP contribution in [0.5, 0.6) is 0 Å². The standard InChI is InChI=1S/C34H60N2S/c1-5-9-13-17-21-24-29(23-19-15-11-7-3)31-27-33(36-34(37)32(31)28-35)30(25-20-16-12-8-4)26-22-18-14-10-6-2/h27,29-30H,5-26H2,1-4H3,(H,36,37). The summed E-state index contributed by atoms with van der Waals surface area (Å²) in [4.78, 5) is 3.57. The summed E-state index contributed by atoms with van der Waals surface area (Å²) in [6.45, 7) is 9.14. The average molecular weight is 529 g/mol. The molecule has 1 heterocycles. The van der Waals surface area contributed by atoms with Crippen molar-refractivity contribution in [3.05, 3.63) is 27.5 Å². The van der Waals surface area contributed by atoms with Crippen molar-refractivity contribution in [2.24, 2.45) is 0 Å². The van der Waals surface area contributed by atoms with Gasteiger partial charge in [0.1, 0.15) is 10.7 Å². The number of aromatic nitrogens is 1. The van der Waals surface area contributed by atoms with Gasteiger partial charge in [-0.1, -0.05) is 155 Å². The van der Waals surface area contributed by atoms with Gasteiger partial charge in [0.05, 0.1) is 5.56 Å². The molecule has 1 aromatic rings. The second kappa shape index (κ2) is 22.8. The highest BCUT2D eigenvalue weighted by Crippen LogP contribution is 2.35. The second-order valence-corrected chi connectivity index (χ2v) is 11.9. The van der Waals surface area contributed by atoms with Gasteiger partial charge in [-0.25, -0.2) is 0 Å². The lowest BCUT2D eigenvalue weighted by Crippen LogP contribution is -2.09. The van der Waals surface area contributed by atoms with E-state index in [0.29, 0.717) is 16.5 Å². The van der Waals surface area contributed by atoms with E-state index in [2.05, 4.69) is 44.8 Å². The summed E-state index contributed by atoms with van der Waals surface area (Å²) in [5.41, 5.74) is 3.33. The first kappa shape index (κ1) is 33.9. The van der Waals surface area contributed by atoms with Crippen LogP contribution in [0.3, 0.4) is 0 Å². The predicted octanol–water partition coefficient (Wildman–Crippen LogP) is 12.4. The molecule has 0 aliphatic carbocycles. The first-order valence-electron chi connectivity index (χ1n) is 16.3. The summed E-state index contributed by atoms with van der Waals surface area (Å²) in [5, 5.41) is 10.1. The summed E-state index contributed by atoms with van der Waals surface area (Å²) in [5.74, 6) is 1.01. The molecule has 0 fully saturated rings. The average Bonchev–Trinajstić information content (AvgIpc) is 2.90. The van der Waals surface area contributed by atoms with Crippen LogP contribution in [-0.2, 0) is 0 Å². The highest BCUT2D eigenvalue weighted by Gasteiger charge is 2.21. The lowest BCUT2D eigenvalue weighted by Gasteiger charge is -2.23. The van der Waals surface area contributed by atoms with Gasteiger partial charge in [0.25, 0.3) is 0 Å². The van der Waals surface area contributed by atoms with Crippen molar-refractivity contribution in [1.29, 1.82) is 5.26 Å². The van der Waals surface area contributed by atoms with E-state index in [1.165, 1.54) is 153 Å². The molecule has 37 heavy (non-hydrogen) atoms. The van der Waals surface area contributed by atoms with E-state index in [0.717, 1.165) is 5.56 Å². The molecule has 0 aromatic carbocycles. The molecule has 0 aliphatic heterocycles. The van der Waals surface area contributed by atoms with E-state index in [9.17, 15) is 5.26 Å². The summed E-state index contributed by atoms with van der Waals surface area (Å²) in [6.07, 6.45) is 28.4. The number of nitrogens with one attached hydrogen (secondary N) is 1. The van der Waals surface area contributed by atoms with Crippen molar-refractivity contribution >= 4 is 12.2 Å². The van der Waals surface area contributed by atoms with Gasteiger partial charge in [0, 0.05) is 5.69 Å². The monoisotopic (exact) mass is 528 g/mol. The van der Waals surface area contributed by atoms with Crippen LogP contribution in [0.15, 0.2) is 6.07 Å². The number of nitrogens with zero attached hydrogens (tertiary/aromatic N) is 1. The number of nitriles is 1. The SMILES string of the molecule is CCCCCCCC(CCCCCC)c1cc(C(CCCCCC)CCCCCCC)c(C#N)c(=S)[nH]1. The maximum absolute atomic E-state index is 10.1. The zero-order chi connectivity index (χ0) is 27.1. The molecular formula is C34H60N2S.